The van der Waals surface area contributed by atoms with E-state index in [-0.39, 0.29) is 0 Å². The largest absolute Gasteiger partial charge is 0.405 e. The molecule has 1 fully saturated rings. The average molecular weight is 331 g/mol. The molecule has 0 N–H and O–H groups in total. The first-order valence-corrected chi connectivity index (χ1v) is 8.52. The molecule has 3 nitrogen and oxygen atoms in total. The molecule has 1 aliphatic carbocycles. The van der Waals surface area contributed by atoms with Crippen LogP contribution in [0.1, 0.15) is 32.1 Å². The molecule has 2 heterocycles. The van der Waals surface area contributed by atoms with Crippen LogP contribution in [0.2, 0.25) is 10.0 Å². The first-order chi connectivity index (χ1) is 9.75. The van der Waals surface area contributed by atoms with E-state index in [1.807, 2.05) is 4.40 Å². The van der Waals surface area contributed by atoms with Gasteiger partial charge in [-0.15, -0.1) is 0 Å². The highest BCUT2D eigenvalue weighted by Crippen LogP contribution is 2.36. The predicted molar refractivity (Wildman–Crippen MR) is 84.9 cm³/mol. The minimum atomic E-state index is 0.438. The summed E-state index contributed by atoms with van der Waals surface area (Å²) in [6.07, 6.45) is 10.1. The molecule has 0 atom stereocenters. The van der Waals surface area contributed by atoms with E-state index in [4.69, 9.17) is 27.4 Å². The Hall–Kier alpha value is -0.580. The predicted octanol–water partition coefficient (Wildman–Crippen LogP) is 5.25. The summed E-state index contributed by atoms with van der Waals surface area (Å²) in [4.78, 5) is 4.10. The molecule has 0 unspecified atom stereocenters. The number of imidazole rings is 1. The molecule has 3 rings (SSSR count). The maximum atomic E-state index is 6.23. The van der Waals surface area contributed by atoms with Crippen molar-refractivity contribution >= 4 is 40.8 Å². The van der Waals surface area contributed by atoms with Crippen LogP contribution in [0, 0.1) is 5.92 Å². The lowest BCUT2D eigenvalue weighted by Crippen LogP contribution is -2.09. The first kappa shape index (κ1) is 14.4. The molecule has 2 aromatic rings. The van der Waals surface area contributed by atoms with Crippen LogP contribution in [0.5, 0.6) is 5.88 Å². The van der Waals surface area contributed by atoms with Crippen LogP contribution in [0.4, 0.5) is 0 Å². The molecule has 6 heteroatoms. The summed E-state index contributed by atoms with van der Waals surface area (Å²) in [6, 6.07) is 1.79. The van der Waals surface area contributed by atoms with Crippen molar-refractivity contribution in [2.24, 2.45) is 5.92 Å². The monoisotopic (exact) mass is 330 g/mol. The van der Waals surface area contributed by atoms with Crippen molar-refractivity contribution in [1.29, 1.82) is 0 Å². The summed E-state index contributed by atoms with van der Waals surface area (Å²) in [5, 5.41) is 0.932. The molecule has 0 radical (unpaired) electrons. The molecule has 20 heavy (non-hydrogen) atoms. The van der Waals surface area contributed by atoms with E-state index in [1.54, 1.807) is 18.6 Å². The second-order valence-corrected chi connectivity index (χ2v) is 6.69. The smallest absolute Gasteiger partial charge is 0.234 e. The Balaban J connectivity index is 1.70. The van der Waals surface area contributed by atoms with Gasteiger partial charge < -0.3 is 4.18 Å². The molecule has 0 spiro atoms. The number of pyridine rings is 1. The lowest BCUT2D eigenvalue weighted by Gasteiger charge is -2.20. The van der Waals surface area contributed by atoms with Crippen molar-refractivity contribution in [3.8, 4) is 5.88 Å². The minimum Gasteiger partial charge on any atom is -0.405 e. The third-order valence-corrected chi connectivity index (χ3v) is 5.37. The van der Waals surface area contributed by atoms with Crippen molar-refractivity contribution in [3.05, 3.63) is 28.6 Å². The van der Waals surface area contributed by atoms with Crippen molar-refractivity contribution in [2.45, 2.75) is 32.1 Å². The van der Waals surface area contributed by atoms with Gasteiger partial charge in [0, 0.05) is 5.75 Å². The van der Waals surface area contributed by atoms with Crippen LogP contribution in [0.25, 0.3) is 5.52 Å². The second kappa shape index (κ2) is 6.46. The van der Waals surface area contributed by atoms with E-state index < -0.39 is 0 Å². The van der Waals surface area contributed by atoms with Gasteiger partial charge in [0.2, 0.25) is 5.88 Å². The van der Waals surface area contributed by atoms with Crippen molar-refractivity contribution in [1.82, 2.24) is 9.38 Å². The normalized spacial score (nSPS) is 16.7. The zero-order chi connectivity index (χ0) is 13.9. The zero-order valence-corrected chi connectivity index (χ0v) is 13.3. The van der Waals surface area contributed by atoms with E-state index >= 15 is 0 Å². The van der Waals surface area contributed by atoms with Gasteiger partial charge in [-0.25, -0.2) is 4.98 Å². The highest BCUT2D eigenvalue weighted by molar-refractivity contribution is 7.95. The summed E-state index contributed by atoms with van der Waals surface area (Å²) in [6.45, 7) is 0. The van der Waals surface area contributed by atoms with Gasteiger partial charge in [0.1, 0.15) is 11.3 Å². The molecule has 0 amide bonds. The van der Waals surface area contributed by atoms with Crippen LogP contribution in [0.15, 0.2) is 18.6 Å². The van der Waals surface area contributed by atoms with Crippen LogP contribution in [-0.4, -0.2) is 15.1 Å². The van der Waals surface area contributed by atoms with E-state index in [0.29, 0.717) is 15.9 Å². The van der Waals surface area contributed by atoms with E-state index in [9.17, 15) is 0 Å². The Kier molecular flexibility index (Phi) is 4.64. The maximum Gasteiger partial charge on any atom is 0.234 e. The third-order valence-electron chi connectivity index (χ3n) is 3.72. The number of hydrogen-bond acceptors (Lipinski definition) is 3. The van der Waals surface area contributed by atoms with Gasteiger partial charge in [-0.1, -0.05) is 42.5 Å². The van der Waals surface area contributed by atoms with Crippen LogP contribution in [-0.2, 0) is 0 Å². The fourth-order valence-corrected chi connectivity index (χ4v) is 3.89. The molecular formula is C14H16Cl2N2OS. The van der Waals surface area contributed by atoms with Crippen LogP contribution in [0.3, 0.4) is 0 Å². The van der Waals surface area contributed by atoms with Gasteiger partial charge in [-0.3, -0.25) is 4.40 Å². The topological polar surface area (TPSA) is 26.5 Å². The Bertz CT molecular complexity index is 596. The number of aromatic nitrogens is 2. The van der Waals surface area contributed by atoms with Gasteiger partial charge in [-0.05, 0) is 24.8 Å². The number of rotatable bonds is 4. The molecule has 2 aromatic heterocycles. The highest BCUT2D eigenvalue weighted by atomic mass is 35.5. The van der Waals surface area contributed by atoms with Crippen LogP contribution < -0.4 is 4.18 Å². The number of fused-ring (bicyclic) bond motifs is 1. The molecule has 1 saturated carbocycles. The van der Waals surface area contributed by atoms with E-state index in [1.165, 1.54) is 44.1 Å². The summed E-state index contributed by atoms with van der Waals surface area (Å²) in [7, 11) is 0. The molecule has 0 aliphatic heterocycles. The number of halogens is 2. The maximum absolute atomic E-state index is 6.23. The van der Waals surface area contributed by atoms with Gasteiger partial charge in [0.05, 0.1) is 28.8 Å². The Morgan fingerprint density at radius 3 is 2.90 bits per heavy atom. The fourth-order valence-electron chi connectivity index (χ4n) is 2.60. The van der Waals surface area contributed by atoms with E-state index in [0.717, 1.165) is 17.2 Å². The standard InChI is InChI=1S/C14H16Cl2N2OS/c15-12-6-11-7-17-9-18(11)14(13(12)16)19-20-8-10-4-2-1-3-5-10/h6-7,9-10H,1-5,8H2. The molecule has 108 valence electrons. The number of hydrogen-bond donors (Lipinski definition) is 0. The van der Waals surface area contributed by atoms with Gasteiger partial charge in [-0.2, -0.15) is 0 Å². The lowest BCUT2D eigenvalue weighted by molar-refractivity contribution is 0.388. The van der Waals surface area contributed by atoms with Crippen molar-refractivity contribution in [2.75, 3.05) is 5.75 Å². The highest BCUT2D eigenvalue weighted by Gasteiger charge is 2.16. The van der Waals surface area contributed by atoms with E-state index in [2.05, 4.69) is 4.98 Å². The molecular weight excluding hydrogens is 315 g/mol. The lowest BCUT2D eigenvalue weighted by atomic mass is 9.91. The average Bonchev–Trinajstić information content (AvgIpc) is 2.92. The molecule has 0 saturated heterocycles. The van der Waals surface area contributed by atoms with Crippen LogP contribution >= 0.6 is 35.2 Å². The summed E-state index contributed by atoms with van der Waals surface area (Å²) in [5.74, 6) is 2.32. The third kappa shape index (κ3) is 3.02. The number of nitrogens with zero attached hydrogens (tertiary/aromatic N) is 2. The SMILES string of the molecule is Clc1cc2cncn2c(OSCC2CCCCC2)c1Cl. The molecule has 0 aromatic carbocycles. The Morgan fingerprint density at radius 2 is 2.10 bits per heavy atom. The Labute approximate surface area is 132 Å². The van der Waals surface area contributed by atoms with Crippen molar-refractivity contribution < 1.29 is 4.18 Å². The fraction of sp³-hybridized carbons (Fsp3) is 0.500. The second-order valence-electron chi connectivity index (χ2n) is 5.17. The first-order valence-electron chi connectivity index (χ1n) is 6.85. The Morgan fingerprint density at radius 1 is 1.30 bits per heavy atom. The molecule has 0 bridgehead atoms. The summed E-state index contributed by atoms with van der Waals surface area (Å²) in [5.41, 5.74) is 0.882. The van der Waals surface area contributed by atoms with Crippen molar-refractivity contribution in [3.63, 3.8) is 0 Å². The minimum absolute atomic E-state index is 0.438. The van der Waals surface area contributed by atoms with Gasteiger partial charge >= 0.3 is 0 Å². The summed E-state index contributed by atoms with van der Waals surface area (Å²) < 4.78 is 7.64. The van der Waals surface area contributed by atoms with Gasteiger partial charge in [0.25, 0.3) is 0 Å². The zero-order valence-electron chi connectivity index (χ0n) is 11.0. The quantitative estimate of drug-likeness (QED) is 0.716. The molecule has 1 aliphatic rings. The van der Waals surface area contributed by atoms with Gasteiger partial charge in [0.15, 0.2) is 0 Å². The summed E-state index contributed by atoms with van der Waals surface area (Å²) >= 11 is 13.8.